The Morgan fingerprint density at radius 2 is 2.00 bits per heavy atom. The number of amides is 2. The summed E-state index contributed by atoms with van der Waals surface area (Å²) >= 11 is 1.46. The lowest BCUT2D eigenvalue weighted by atomic mass is 9.99. The van der Waals surface area contributed by atoms with Crippen molar-refractivity contribution in [2.45, 2.75) is 56.7 Å². The molecule has 2 amide bonds. The molecule has 3 saturated heterocycles. The summed E-state index contributed by atoms with van der Waals surface area (Å²) in [6, 6.07) is 4.17. The molecule has 3 aliphatic heterocycles. The zero-order valence-electron chi connectivity index (χ0n) is 13.9. The summed E-state index contributed by atoms with van der Waals surface area (Å²) in [6.45, 7) is 2.59. The van der Waals surface area contributed by atoms with Crippen molar-refractivity contribution in [1.82, 2.24) is 15.1 Å². The van der Waals surface area contributed by atoms with Crippen molar-refractivity contribution in [3.05, 3.63) is 22.4 Å². The number of likely N-dealkylation sites (tertiary alicyclic amines) is 1. The average molecular weight is 347 g/mol. The SMILES string of the molecule is O=C(c1cccs1)N1CCCCC1C(=O)N1C2CCNCC1CC2. The van der Waals surface area contributed by atoms with E-state index in [-0.39, 0.29) is 17.9 Å². The minimum atomic E-state index is -0.269. The van der Waals surface area contributed by atoms with E-state index in [1.807, 2.05) is 22.4 Å². The lowest BCUT2D eigenvalue weighted by molar-refractivity contribution is -0.139. The van der Waals surface area contributed by atoms with Gasteiger partial charge in [-0.05, 0) is 56.5 Å². The van der Waals surface area contributed by atoms with E-state index in [0.29, 0.717) is 18.6 Å². The summed E-state index contributed by atoms with van der Waals surface area (Å²) in [5.74, 6) is 0.221. The van der Waals surface area contributed by atoms with Gasteiger partial charge in [-0.15, -0.1) is 11.3 Å². The number of thiophene rings is 1. The normalized spacial score (nSPS) is 30.2. The zero-order chi connectivity index (χ0) is 16.5. The van der Waals surface area contributed by atoms with Crippen LogP contribution in [0.5, 0.6) is 0 Å². The van der Waals surface area contributed by atoms with Crippen molar-refractivity contribution in [3.63, 3.8) is 0 Å². The van der Waals surface area contributed by atoms with Gasteiger partial charge < -0.3 is 15.1 Å². The summed E-state index contributed by atoms with van der Waals surface area (Å²) in [7, 11) is 0. The molecular weight excluding hydrogens is 322 g/mol. The van der Waals surface area contributed by atoms with E-state index in [1.54, 1.807) is 0 Å². The zero-order valence-corrected chi connectivity index (χ0v) is 14.8. The van der Waals surface area contributed by atoms with E-state index >= 15 is 0 Å². The van der Waals surface area contributed by atoms with Gasteiger partial charge in [0.15, 0.2) is 0 Å². The Bertz CT molecular complexity index is 589. The molecule has 1 aromatic rings. The molecule has 0 radical (unpaired) electrons. The van der Waals surface area contributed by atoms with Gasteiger partial charge in [0, 0.05) is 25.2 Å². The molecule has 4 heterocycles. The molecule has 3 unspecified atom stereocenters. The fourth-order valence-electron chi connectivity index (χ4n) is 4.49. The molecular formula is C18H25N3O2S. The monoisotopic (exact) mass is 347 g/mol. The van der Waals surface area contributed by atoms with Crippen LogP contribution in [-0.4, -0.2) is 59.4 Å². The summed E-state index contributed by atoms with van der Waals surface area (Å²) in [5.41, 5.74) is 0. The fraction of sp³-hybridized carbons (Fsp3) is 0.667. The fourth-order valence-corrected chi connectivity index (χ4v) is 5.17. The van der Waals surface area contributed by atoms with Gasteiger partial charge in [-0.3, -0.25) is 9.59 Å². The number of hydrogen-bond donors (Lipinski definition) is 1. The number of rotatable bonds is 2. The maximum atomic E-state index is 13.4. The first-order valence-corrected chi connectivity index (χ1v) is 10.0. The lowest BCUT2D eigenvalue weighted by Gasteiger charge is -2.39. The van der Waals surface area contributed by atoms with Crippen molar-refractivity contribution in [2.75, 3.05) is 19.6 Å². The molecule has 0 aliphatic carbocycles. The van der Waals surface area contributed by atoms with E-state index in [1.165, 1.54) is 11.3 Å². The highest BCUT2D eigenvalue weighted by Crippen LogP contribution is 2.31. The molecule has 2 bridgehead atoms. The van der Waals surface area contributed by atoms with Crippen LogP contribution in [0.4, 0.5) is 0 Å². The highest BCUT2D eigenvalue weighted by atomic mass is 32.1. The average Bonchev–Trinajstić information content (AvgIpc) is 3.21. The maximum absolute atomic E-state index is 13.4. The van der Waals surface area contributed by atoms with E-state index in [9.17, 15) is 9.59 Å². The van der Waals surface area contributed by atoms with Crippen LogP contribution >= 0.6 is 11.3 Å². The number of piperidine rings is 1. The Kier molecular flexibility index (Phi) is 4.59. The number of fused-ring (bicyclic) bond motifs is 2. The third-order valence-electron chi connectivity index (χ3n) is 5.69. The predicted octanol–water partition coefficient (Wildman–Crippen LogP) is 2.10. The molecule has 130 valence electrons. The topological polar surface area (TPSA) is 52.7 Å². The molecule has 6 heteroatoms. The van der Waals surface area contributed by atoms with Crippen LogP contribution in [0.15, 0.2) is 17.5 Å². The van der Waals surface area contributed by atoms with Crippen LogP contribution in [0.3, 0.4) is 0 Å². The second-order valence-electron chi connectivity index (χ2n) is 7.11. The van der Waals surface area contributed by atoms with Crippen molar-refractivity contribution >= 4 is 23.2 Å². The van der Waals surface area contributed by atoms with Gasteiger partial charge in [0.25, 0.3) is 5.91 Å². The Hall–Kier alpha value is -1.40. The summed E-state index contributed by atoms with van der Waals surface area (Å²) < 4.78 is 0. The van der Waals surface area contributed by atoms with Gasteiger partial charge in [0.1, 0.15) is 6.04 Å². The van der Waals surface area contributed by atoms with Crippen LogP contribution in [-0.2, 0) is 4.79 Å². The van der Waals surface area contributed by atoms with E-state index < -0.39 is 0 Å². The van der Waals surface area contributed by atoms with Crippen LogP contribution in [0.25, 0.3) is 0 Å². The first-order chi connectivity index (χ1) is 11.8. The van der Waals surface area contributed by atoms with Gasteiger partial charge in [0.2, 0.25) is 5.91 Å². The molecule has 3 aliphatic rings. The number of nitrogens with one attached hydrogen (secondary N) is 1. The van der Waals surface area contributed by atoms with Gasteiger partial charge in [-0.1, -0.05) is 6.07 Å². The second kappa shape index (κ2) is 6.84. The van der Waals surface area contributed by atoms with E-state index in [4.69, 9.17) is 0 Å². The van der Waals surface area contributed by atoms with E-state index in [0.717, 1.165) is 56.5 Å². The van der Waals surface area contributed by atoms with Crippen LogP contribution in [0.1, 0.15) is 48.2 Å². The first kappa shape index (κ1) is 16.1. The minimum Gasteiger partial charge on any atom is -0.334 e. The molecule has 1 N–H and O–H groups in total. The number of carbonyl (C=O) groups excluding carboxylic acids is 2. The standard InChI is InChI=1S/C18H25N3O2S/c22-17(21-13-6-7-14(21)12-19-9-8-13)15-4-1-2-10-20(15)18(23)16-5-3-11-24-16/h3,5,11,13-15,19H,1-2,4,6-10,12H2. The lowest BCUT2D eigenvalue weighted by Crippen LogP contribution is -2.56. The molecule has 0 aromatic carbocycles. The molecule has 3 atom stereocenters. The second-order valence-corrected chi connectivity index (χ2v) is 8.06. The minimum absolute atomic E-state index is 0.0309. The van der Waals surface area contributed by atoms with Crippen molar-refractivity contribution in [2.24, 2.45) is 0 Å². The molecule has 0 spiro atoms. The summed E-state index contributed by atoms with van der Waals surface area (Å²) in [4.78, 5) is 30.9. The summed E-state index contributed by atoms with van der Waals surface area (Å²) in [6.07, 6.45) is 6.08. The van der Waals surface area contributed by atoms with Crippen LogP contribution < -0.4 is 5.32 Å². The Balaban J connectivity index is 1.56. The first-order valence-electron chi connectivity index (χ1n) is 9.13. The molecule has 4 rings (SSSR count). The summed E-state index contributed by atoms with van der Waals surface area (Å²) in [5, 5.41) is 5.38. The van der Waals surface area contributed by atoms with Gasteiger partial charge >= 0.3 is 0 Å². The largest absolute Gasteiger partial charge is 0.334 e. The predicted molar refractivity (Wildman–Crippen MR) is 94.1 cm³/mol. The Morgan fingerprint density at radius 3 is 2.83 bits per heavy atom. The smallest absolute Gasteiger partial charge is 0.264 e. The van der Waals surface area contributed by atoms with Gasteiger partial charge in [-0.25, -0.2) is 0 Å². The number of hydrogen-bond acceptors (Lipinski definition) is 4. The van der Waals surface area contributed by atoms with Crippen molar-refractivity contribution < 1.29 is 9.59 Å². The van der Waals surface area contributed by atoms with Crippen LogP contribution in [0, 0.1) is 0 Å². The van der Waals surface area contributed by atoms with Crippen molar-refractivity contribution in [3.8, 4) is 0 Å². The highest BCUT2D eigenvalue weighted by Gasteiger charge is 2.43. The Labute approximate surface area is 147 Å². The highest BCUT2D eigenvalue weighted by molar-refractivity contribution is 7.12. The molecule has 3 fully saturated rings. The quantitative estimate of drug-likeness (QED) is 0.891. The molecule has 24 heavy (non-hydrogen) atoms. The third kappa shape index (κ3) is 2.86. The molecule has 0 saturated carbocycles. The van der Waals surface area contributed by atoms with Crippen LogP contribution in [0.2, 0.25) is 0 Å². The number of carbonyl (C=O) groups is 2. The molecule has 5 nitrogen and oxygen atoms in total. The van der Waals surface area contributed by atoms with Crippen molar-refractivity contribution in [1.29, 1.82) is 0 Å². The van der Waals surface area contributed by atoms with E-state index in [2.05, 4.69) is 10.2 Å². The van der Waals surface area contributed by atoms with Gasteiger partial charge in [-0.2, -0.15) is 0 Å². The third-order valence-corrected chi connectivity index (χ3v) is 6.55. The Morgan fingerprint density at radius 1 is 1.12 bits per heavy atom. The molecule has 1 aromatic heterocycles. The maximum Gasteiger partial charge on any atom is 0.264 e. The van der Waals surface area contributed by atoms with Gasteiger partial charge in [0.05, 0.1) is 4.88 Å². The number of nitrogens with zero attached hydrogens (tertiary/aromatic N) is 2.